The van der Waals surface area contributed by atoms with Crippen LogP contribution in [0.3, 0.4) is 0 Å². The molecule has 1 heterocycles. The summed E-state index contributed by atoms with van der Waals surface area (Å²) in [5, 5.41) is 0. The Labute approximate surface area is 146 Å². The van der Waals surface area contributed by atoms with Crippen molar-refractivity contribution in [3.05, 3.63) is 77.9 Å². The third kappa shape index (κ3) is 4.26. The molecule has 2 aromatic rings. The fraction of sp³-hybridized carbons (Fsp3) is 0.200. The lowest BCUT2D eigenvalue weighted by Crippen LogP contribution is -2.39. The number of carbonyl (C=O) groups is 2. The Morgan fingerprint density at radius 1 is 1.12 bits per heavy atom. The van der Waals surface area contributed by atoms with Crippen LogP contribution < -0.4 is 10.6 Å². The van der Waals surface area contributed by atoms with Crippen molar-refractivity contribution in [2.75, 3.05) is 11.4 Å². The molecule has 128 valence electrons. The lowest BCUT2D eigenvalue weighted by atomic mass is 9.92. The van der Waals surface area contributed by atoms with Crippen molar-refractivity contribution < 1.29 is 14.3 Å². The average Bonchev–Trinajstić information content (AvgIpc) is 2.64. The number of primary amides is 1. The molecule has 0 aromatic heterocycles. The van der Waals surface area contributed by atoms with Gasteiger partial charge in [-0.05, 0) is 35.6 Å². The minimum atomic E-state index is -0.489. The maximum atomic E-state index is 12.6. The molecular formula is C20H20N2O3. The highest BCUT2D eigenvalue weighted by atomic mass is 16.6. The van der Waals surface area contributed by atoms with E-state index in [1.807, 2.05) is 54.6 Å². The van der Waals surface area contributed by atoms with Gasteiger partial charge in [-0.2, -0.15) is 0 Å². The third-order valence-corrected chi connectivity index (χ3v) is 4.14. The van der Waals surface area contributed by atoms with E-state index >= 15 is 0 Å². The molecule has 0 fully saturated rings. The van der Waals surface area contributed by atoms with E-state index in [2.05, 4.69) is 0 Å². The van der Waals surface area contributed by atoms with Crippen LogP contribution >= 0.6 is 0 Å². The Kier molecular flexibility index (Phi) is 5.14. The van der Waals surface area contributed by atoms with Crippen LogP contribution in [0.5, 0.6) is 0 Å². The second kappa shape index (κ2) is 7.66. The van der Waals surface area contributed by atoms with Crippen LogP contribution in [0.15, 0.2) is 66.7 Å². The Morgan fingerprint density at radius 2 is 1.84 bits per heavy atom. The highest BCUT2D eigenvalue weighted by Crippen LogP contribution is 2.30. The highest BCUT2D eigenvalue weighted by Gasteiger charge is 2.28. The number of amides is 2. The van der Waals surface area contributed by atoms with Gasteiger partial charge in [-0.15, -0.1) is 0 Å². The SMILES string of the molecule is NC(=O)C=CC1Cc2ccccc2N(C(=O)OCc2ccccc2)C1. The van der Waals surface area contributed by atoms with E-state index in [0.29, 0.717) is 6.54 Å². The molecule has 0 radical (unpaired) electrons. The summed E-state index contributed by atoms with van der Waals surface area (Å²) in [6, 6.07) is 17.3. The second-order valence-corrected chi connectivity index (χ2v) is 6.01. The minimum Gasteiger partial charge on any atom is -0.444 e. The zero-order valence-corrected chi connectivity index (χ0v) is 13.8. The maximum Gasteiger partial charge on any atom is 0.414 e. The van der Waals surface area contributed by atoms with Gasteiger partial charge in [-0.25, -0.2) is 4.79 Å². The number of para-hydroxylation sites is 1. The normalized spacial score (nSPS) is 16.5. The molecule has 1 aliphatic rings. The lowest BCUT2D eigenvalue weighted by molar-refractivity contribution is -0.113. The number of anilines is 1. The van der Waals surface area contributed by atoms with Gasteiger partial charge < -0.3 is 10.5 Å². The lowest BCUT2D eigenvalue weighted by Gasteiger charge is -2.32. The van der Waals surface area contributed by atoms with Crippen LogP contribution in [0.4, 0.5) is 10.5 Å². The smallest absolute Gasteiger partial charge is 0.414 e. The Hall–Kier alpha value is -3.08. The quantitative estimate of drug-likeness (QED) is 0.872. The molecule has 5 nitrogen and oxygen atoms in total. The molecule has 2 N–H and O–H groups in total. The van der Waals surface area contributed by atoms with Crippen molar-refractivity contribution in [1.82, 2.24) is 0 Å². The predicted octanol–water partition coefficient (Wildman–Crippen LogP) is 3.04. The van der Waals surface area contributed by atoms with Crippen molar-refractivity contribution in [1.29, 1.82) is 0 Å². The van der Waals surface area contributed by atoms with Crippen LogP contribution in [0.2, 0.25) is 0 Å². The molecule has 2 amide bonds. The van der Waals surface area contributed by atoms with Crippen molar-refractivity contribution in [2.45, 2.75) is 13.0 Å². The average molecular weight is 336 g/mol. The summed E-state index contributed by atoms with van der Waals surface area (Å²) >= 11 is 0. The van der Waals surface area contributed by atoms with Gasteiger partial charge in [0.25, 0.3) is 0 Å². The summed E-state index contributed by atoms with van der Waals surface area (Å²) in [6.07, 6.45) is 3.47. The molecule has 1 unspecified atom stereocenters. The number of fused-ring (bicyclic) bond motifs is 1. The third-order valence-electron chi connectivity index (χ3n) is 4.14. The molecule has 2 aromatic carbocycles. The van der Waals surface area contributed by atoms with E-state index in [0.717, 1.165) is 23.2 Å². The van der Waals surface area contributed by atoms with Gasteiger partial charge in [0.05, 0.1) is 5.69 Å². The molecule has 1 atom stereocenters. The zero-order chi connectivity index (χ0) is 17.6. The molecule has 25 heavy (non-hydrogen) atoms. The Balaban J connectivity index is 1.75. The van der Waals surface area contributed by atoms with Crippen LogP contribution in [-0.4, -0.2) is 18.5 Å². The molecule has 0 spiro atoms. The fourth-order valence-electron chi connectivity index (χ4n) is 2.96. The Morgan fingerprint density at radius 3 is 2.60 bits per heavy atom. The summed E-state index contributed by atoms with van der Waals surface area (Å²) in [5.41, 5.74) is 8.01. The zero-order valence-electron chi connectivity index (χ0n) is 13.8. The number of benzene rings is 2. The van der Waals surface area contributed by atoms with Crippen LogP contribution in [0.1, 0.15) is 11.1 Å². The fourth-order valence-corrected chi connectivity index (χ4v) is 2.96. The number of carbonyl (C=O) groups excluding carboxylic acids is 2. The first kappa shape index (κ1) is 16.8. The first-order chi connectivity index (χ1) is 12.1. The van der Waals surface area contributed by atoms with E-state index in [4.69, 9.17) is 10.5 Å². The number of hydrogen-bond acceptors (Lipinski definition) is 3. The van der Waals surface area contributed by atoms with Gasteiger partial charge >= 0.3 is 6.09 Å². The number of nitrogens with zero attached hydrogens (tertiary/aromatic N) is 1. The first-order valence-corrected chi connectivity index (χ1v) is 8.17. The van der Waals surface area contributed by atoms with E-state index in [1.54, 1.807) is 11.0 Å². The van der Waals surface area contributed by atoms with Gasteiger partial charge in [0.2, 0.25) is 5.91 Å². The molecule has 0 bridgehead atoms. The van der Waals surface area contributed by atoms with Crippen molar-refractivity contribution in [2.24, 2.45) is 11.7 Å². The number of rotatable bonds is 4. The summed E-state index contributed by atoms with van der Waals surface area (Å²) in [6.45, 7) is 0.675. The Bertz CT molecular complexity index is 787. The van der Waals surface area contributed by atoms with E-state index < -0.39 is 12.0 Å². The summed E-state index contributed by atoms with van der Waals surface area (Å²) in [4.78, 5) is 25.2. The summed E-state index contributed by atoms with van der Waals surface area (Å²) in [7, 11) is 0. The van der Waals surface area contributed by atoms with E-state index in [9.17, 15) is 9.59 Å². The van der Waals surface area contributed by atoms with Gasteiger partial charge in [-0.3, -0.25) is 9.69 Å². The molecule has 5 heteroatoms. The molecule has 3 rings (SSSR count). The van der Waals surface area contributed by atoms with Crippen molar-refractivity contribution in [3.63, 3.8) is 0 Å². The van der Waals surface area contributed by atoms with E-state index in [-0.39, 0.29) is 12.5 Å². The molecule has 0 saturated carbocycles. The predicted molar refractivity (Wildman–Crippen MR) is 95.9 cm³/mol. The monoisotopic (exact) mass is 336 g/mol. The summed E-state index contributed by atoms with van der Waals surface area (Å²) in [5.74, 6) is -0.469. The minimum absolute atomic E-state index is 0.0201. The van der Waals surface area contributed by atoms with Gasteiger partial charge in [0.15, 0.2) is 0 Å². The first-order valence-electron chi connectivity index (χ1n) is 8.17. The molecule has 0 saturated heterocycles. The topological polar surface area (TPSA) is 72.6 Å². The molecular weight excluding hydrogens is 316 g/mol. The highest BCUT2D eigenvalue weighted by molar-refractivity contribution is 5.89. The van der Waals surface area contributed by atoms with Gasteiger partial charge in [0.1, 0.15) is 6.61 Å². The molecule has 0 aliphatic carbocycles. The van der Waals surface area contributed by atoms with E-state index in [1.165, 1.54) is 6.08 Å². The largest absolute Gasteiger partial charge is 0.444 e. The maximum absolute atomic E-state index is 12.6. The number of nitrogens with two attached hydrogens (primary N) is 1. The van der Waals surface area contributed by atoms with Crippen molar-refractivity contribution >= 4 is 17.7 Å². The number of ether oxygens (including phenoxy) is 1. The number of hydrogen-bond donors (Lipinski definition) is 1. The van der Waals surface area contributed by atoms with Crippen molar-refractivity contribution in [3.8, 4) is 0 Å². The summed E-state index contributed by atoms with van der Waals surface area (Å²) < 4.78 is 5.47. The van der Waals surface area contributed by atoms with Gasteiger partial charge in [0, 0.05) is 6.54 Å². The second-order valence-electron chi connectivity index (χ2n) is 6.01. The van der Waals surface area contributed by atoms with Crippen LogP contribution in [0.25, 0.3) is 0 Å². The molecule has 1 aliphatic heterocycles. The van der Waals surface area contributed by atoms with Crippen LogP contribution in [-0.2, 0) is 22.6 Å². The standard InChI is InChI=1S/C20H20N2O3/c21-19(23)11-10-16-12-17-8-4-5-9-18(17)22(13-16)20(24)25-14-15-6-2-1-3-7-15/h1-11,16H,12-14H2,(H2,21,23). The van der Waals surface area contributed by atoms with Gasteiger partial charge in [-0.1, -0.05) is 54.6 Å². The van der Waals surface area contributed by atoms with Crippen LogP contribution in [0, 0.1) is 5.92 Å².